The van der Waals surface area contributed by atoms with Crippen LogP contribution >= 0.6 is 0 Å². The van der Waals surface area contributed by atoms with Crippen molar-refractivity contribution < 1.29 is 0 Å². The summed E-state index contributed by atoms with van der Waals surface area (Å²) in [7, 11) is 0. The topological polar surface area (TPSA) is 12.0 Å². The van der Waals surface area contributed by atoms with E-state index in [-0.39, 0.29) is 0 Å². The van der Waals surface area contributed by atoms with E-state index in [9.17, 15) is 0 Å². The molecular formula is C18H23N. The van der Waals surface area contributed by atoms with Gasteiger partial charge in [-0.1, -0.05) is 59.7 Å². The Morgan fingerprint density at radius 3 is 1.53 bits per heavy atom. The van der Waals surface area contributed by atoms with Crippen molar-refractivity contribution in [2.75, 3.05) is 0 Å². The fourth-order valence-corrected chi connectivity index (χ4v) is 2.45. The fraction of sp³-hybridized carbons (Fsp3) is 0.333. The molecule has 0 amide bonds. The molecule has 0 saturated heterocycles. The minimum absolute atomic E-state index is 0.357. The molecule has 0 fully saturated rings. The Bertz CT molecular complexity index is 495. The predicted molar refractivity (Wildman–Crippen MR) is 82.3 cm³/mol. The van der Waals surface area contributed by atoms with Crippen molar-refractivity contribution in [3.05, 3.63) is 70.8 Å². The first-order chi connectivity index (χ1) is 9.06. The Morgan fingerprint density at radius 1 is 0.737 bits per heavy atom. The molecule has 2 rings (SSSR count). The SMILES string of the molecule is Cc1cccc(C(C)N[C@H](C)c2cccc(C)c2)c1. The van der Waals surface area contributed by atoms with Crippen LogP contribution in [0.25, 0.3) is 0 Å². The highest BCUT2D eigenvalue weighted by Gasteiger charge is 2.11. The molecule has 0 aliphatic carbocycles. The lowest BCUT2D eigenvalue weighted by Gasteiger charge is -2.21. The van der Waals surface area contributed by atoms with Crippen molar-refractivity contribution >= 4 is 0 Å². The van der Waals surface area contributed by atoms with Crippen LogP contribution < -0.4 is 5.32 Å². The van der Waals surface area contributed by atoms with Gasteiger partial charge >= 0.3 is 0 Å². The number of hydrogen-bond donors (Lipinski definition) is 1. The van der Waals surface area contributed by atoms with Gasteiger partial charge in [0.25, 0.3) is 0 Å². The second-order valence-electron chi connectivity index (χ2n) is 5.44. The van der Waals surface area contributed by atoms with Gasteiger partial charge in [0.05, 0.1) is 0 Å². The summed E-state index contributed by atoms with van der Waals surface area (Å²) < 4.78 is 0. The van der Waals surface area contributed by atoms with Crippen LogP contribution in [0.1, 0.15) is 48.2 Å². The molecule has 100 valence electrons. The van der Waals surface area contributed by atoms with Gasteiger partial charge in [0.1, 0.15) is 0 Å². The predicted octanol–water partition coefficient (Wildman–Crippen LogP) is 4.72. The normalized spacial score (nSPS) is 14.1. The monoisotopic (exact) mass is 253 g/mol. The average molecular weight is 253 g/mol. The third-order valence-corrected chi connectivity index (χ3v) is 3.58. The minimum Gasteiger partial charge on any atom is -0.304 e. The lowest BCUT2D eigenvalue weighted by molar-refractivity contribution is 0.494. The van der Waals surface area contributed by atoms with Gasteiger partial charge in [-0.05, 0) is 38.8 Å². The zero-order valence-corrected chi connectivity index (χ0v) is 12.3. The molecule has 0 bridgehead atoms. The first-order valence-corrected chi connectivity index (χ1v) is 6.95. The zero-order chi connectivity index (χ0) is 13.8. The van der Waals surface area contributed by atoms with Crippen LogP contribution in [0.3, 0.4) is 0 Å². The van der Waals surface area contributed by atoms with Crippen molar-refractivity contribution in [1.82, 2.24) is 5.32 Å². The van der Waals surface area contributed by atoms with Gasteiger partial charge < -0.3 is 5.32 Å². The van der Waals surface area contributed by atoms with Crippen LogP contribution in [0.4, 0.5) is 0 Å². The summed E-state index contributed by atoms with van der Waals surface area (Å²) in [4.78, 5) is 0. The fourth-order valence-electron chi connectivity index (χ4n) is 2.45. The Kier molecular flexibility index (Phi) is 4.39. The van der Waals surface area contributed by atoms with Crippen LogP contribution in [-0.2, 0) is 0 Å². The summed E-state index contributed by atoms with van der Waals surface area (Å²) in [6, 6.07) is 18.1. The van der Waals surface area contributed by atoms with Crippen LogP contribution in [0, 0.1) is 13.8 Å². The lowest BCUT2D eigenvalue weighted by Crippen LogP contribution is -2.22. The largest absolute Gasteiger partial charge is 0.304 e. The van der Waals surface area contributed by atoms with Crippen LogP contribution in [-0.4, -0.2) is 0 Å². The van der Waals surface area contributed by atoms with Crippen molar-refractivity contribution in [2.24, 2.45) is 0 Å². The Balaban J connectivity index is 2.08. The summed E-state index contributed by atoms with van der Waals surface area (Å²) >= 11 is 0. The van der Waals surface area contributed by atoms with Crippen molar-refractivity contribution in [3.8, 4) is 0 Å². The zero-order valence-electron chi connectivity index (χ0n) is 12.3. The number of aryl methyl sites for hydroxylation is 2. The molecule has 2 aromatic carbocycles. The molecule has 0 saturated carbocycles. The molecule has 1 unspecified atom stereocenters. The Labute approximate surface area is 116 Å². The molecule has 0 aliphatic heterocycles. The van der Waals surface area contributed by atoms with Gasteiger partial charge in [0.15, 0.2) is 0 Å². The van der Waals surface area contributed by atoms with E-state index in [1.54, 1.807) is 0 Å². The number of nitrogens with one attached hydrogen (secondary N) is 1. The molecule has 0 heterocycles. The molecular weight excluding hydrogens is 230 g/mol. The van der Waals surface area contributed by atoms with Crippen molar-refractivity contribution in [2.45, 2.75) is 39.8 Å². The minimum atomic E-state index is 0.357. The van der Waals surface area contributed by atoms with E-state index in [4.69, 9.17) is 0 Å². The molecule has 0 spiro atoms. The summed E-state index contributed by atoms with van der Waals surface area (Å²) in [5, 5.41) is 3.67. The maximum absolute atomic E-state index is 3.67. The number of benzene rings is 2. The Hall–Kier alpha value is -1.60. The van der Waals surface area contributed by atoms with E-state index in [0.717, 1.165) is 0 Å². The quantitative estimate of drug-likeness (QED) is 0.831. The summed E-state index contributed by atoms with van der Waals surface area (Å²) in [5.41, 5.74) is 5.32. The second kappa shape index (κ2) is 6.03. The van der Waals surface area contributed by atoms with Gasteiger partial charge in [0.2, 0.25) is 0 Å². The van der Waals surface area contributed by atoms with E-state index in [1.165, 1.54) is 22.3 Å². The maximum Gasteiger partial charge on any atom is 0.0297 e. The third kappa shape index (κ3) is 3.68. The third-order valence-electron chi connectivity index (χ3n) is 3.58. The summed E-state index contributed by atoms with van der Waals surface area (Å²) in [6.07, 6.45) is 0. The first kappa shape index (κ1) is 13.8. The van der Waals surface area contributed by atoms with Gasteiger partial charge in [-0.2, -0.15) is 0 Å². The van der Waals surface area contributed by atoms with Crippen LogP contribution in [0.15, 0.2) is 48.5 Å². The molecule has 1 nitrogen and oxygen atoms in total. The van der Waals surface area contributed by atoms with Crippen molar-refractivity contribution in [3.63, 3.8) is 0 Å². The van der Waals surface area contributed by atoms with E-state index < -0.39 is 0 Å². The number of rotatable bonds is 4. The first-order valence-electron chi connectivity index (χ1n) is 6.95. The maximum atomic E-state index is 3.67. The van der Waals surface area contributed by atoms with Gasteiger partial charge in [-0.3, -0.25) is 0 Å². The summed E-state index contributed by atoms with van der Waals surface area (Å²) in [6.45, 7) is 8.72. The lowest BCUT2D eigenvalue weighted by atomic mass is 10.0. The van der Waals surface area contributed by atoms with Crippen LogP contribution in [0.2, 0.25) is 0 Å². The van der Waals surface area contributed by atoms with E-state index in [0.29, 0.717) is 12.1 Å². The van der Waals surface area contributed by atoms with Crippen molar-refractivity contribution in [1.29, 1.82) is 0 Å². The highest BCUT2D eigenvalue weighted by Crippen LogP contribution is 2.20. The molecule has 2 atom stereocenters. The van der Waals surface area contributed by atoms with E-state index in [2.05, 4.69) is 81.5 Å². The smallest absolute Gasteiger partial charge is 0.0297 e. The summed E-state index contributed by atoms with van der Waals surface area (Å²) in [5.74, 6) is 0. The second-order valence-corrected chi connectivity index (χ2v) is 5.44. The van der Waals surface area contributed by atoms with E-state index >= 15 is 0 Å². The highest BCUT2D eigenvalue weighted by molar-refractivity contribution is 5.27. The highest BCUT2D eigenvalue weighted by atomic mass is 14.9. The van der Waals surface area contributed by atoms with Crippen LogP contribution in [0.5, 0.6) is 0 Å². The molecule has 0 aromatic heterocycles. The van der Waals surface area contributed by atoms with Gasteiger partial charge in [-0.25, -0.2) is 0 Å². The average Bonchev–Trinajstić information content (AvgIpc) is 2.38. The molecule has 0 aliphatic rings. The Morgan fingerprint density at radius 2 is 1.16 bits per heavy atom. The number of hydrogen-bond acceptors (Lipinski definition) is 1. The van der Waals surface area contributed by atoms with E-state index in [1.807, 2.05) is 0 Å². The molecule has 1 N–H and O–H groups in total. The standard InChI is InChI=1S/C18H23N/c1-13-7-5-9-17(11-13)15(3)19-16(4)18-10-6-8-14(2)12-18/h5-12,15-16,19H,1-4H3/t15-,16?/m1/s1. The molecule has 2 aromatic rings. The molecule has 0 radical (unpaired) electrons. The molecule has 19 heavy (non-hydrogen) atoms. The van der Waals surface area contributed by atoms with Gasteiger partial charge in [-0.15, -0.1) is 0 Å². The van der Waals surface area contributed by atoms with Gasteiger partial charge in [0, 0.05) is 12.1 Å². The molecule has 1 heteroatoms.